The van der Waals surface area contributed by atoms with Gasteiger partial charge in [0, 0.05) is 23.5 Å². The van der Waals surface area contributed by atoms with Gasteiger partial charge in [-0.1, -0.05) is 12.1 Å². The van der Waals surface area contributed by atoms with Gasteiger partial charge in [0.15, 0.2) is 0 Å². The maximum atomic E-state index is 9.99. The lowest BCUT2D eigenvalue weighted by Crippen LogP contribution is -1.89. The summed E-state index contributed by atoms with van der Waals surface area (Å²) in [6.07, 6.45) is 0. The Hall–Kier alpha value is 1.12. The maximum Gasteiger partial charge on any atom is 0.146 e. The van der Waals surface area contributed by atoms with Gasteiger partial charge in [-0.15, -0.1) is 0 Å². The van der Waals surface area contributed by atoms with Gasteiger partial charge in [0.25, 0.3) is 0 Å². The van der Waals surface area contributed by atoms with Crippen LogP contribution >= 0.6 is 95.6 Å². The Balaban J connectivity index is 2.87. The van der Waals surface area contributed by atoms with Crippen LogP contribution in [0.5, 0.6) is 5.75 Å². The van der Waals surface area contributed by atoms with E-state index >= 15 is 0 Å². The van der Waals surface area contributed by atoms with Crippen LogP contribution in [0.25, 0.3) is 11.1 Å². The molecule has 0 aliphatic heterocycles. The van der Waals surface area contributed by atoms with Gasteiger partial charge in [0.2, 0.25) is 0 Å². The highest BCUT2D eigenvalue weighted by atomic mass is 79.9. The van der Waals surface area contributed by atoms with Crippen molar-refractivity contribution < 1.29 is 5.11 Å². The molecule has 0 aliphatic rings. The van der Waals surface area contributed by atoms with Crippen LogP contribution in [-0.4, -0.2) is 5.11 Å². The Bertz CT molecular complexity index is 639. The Morgan fingerprint density at radius 2 is 1.21 bits per heavy atom. The molecule has 0 spiro atoms. The lowest BCUT2D eigenvalue weighted by atomic mass is 10.1. The van der Waals surface area contributed by atoms with Gasteiger partial charge in [-0.05, 0) is 107 Å². The molecule has 2 rings (SSSR count). The third kappa shape index (κ3) is 3.01. The summed E-state index contributed by atoms with van der Waals surface area (Å²) in [6.45, 7) is 0. The number of benzene rings is 2. The number of aromatic hydroxyl groups is 1. The van der Waals surface area contributed by atoms with Crippen LogP contribution in [0.4, 0.5) is 0 Å². The summed E-state index contributed by atoms with van der Waals surface area (Å²) in [5.41, 5.74) is 1.93. The summed E-state index contributed by atoms with van der Waals surface area (Å²) in [5, 5.41) is 9.99. The second-order valence-corrected chi connectivity index (χ2v) is 8.40. The Labute approximate surface area is 160 Å². The standard InChI is InChI=1S/C12H4Br6O/c13-5-3-1-2-4(7(5)14)6-8(15)10(17)12(19)11(18)9(6)16/h1-3,19H. The van der Waals surface area contributed by atoms with Gasteiger partial charge in [0.05, 0.1) is 8.95 Å². The maximum absolute atomic E-state index is 9.99. The van der Waals surface area contributed by atoms with Gasteiger partial charge in [-0.3, -0.25) is 0 Å². The molecule has 0 aliphatic carbocycles. The zero-order chi connectivity index (χ0) is 14.3. The van der Waals surface area contributed by atoms with E-state index in [-0.39, 0.29) is 5.75 Å². The average molecular weight is 644 g/mol. The van der Waals surface area contributed by atoms with Crippen LogP contribution in [0.2, 0.25) is 0 Å². The highest BCUT2D eigenvalue weighted by molar-refractivity contribution is 9.14. The first-order valence-corrected chi connectivity index (χ1v) is 9.61. The normalized spacial score (nSPS) is 10.8. The second-order valence-electron chi connectivity index (χ2n) is 3.58. The number of hydrogen-bond donors (Lipinski definition) is 1. The van der Waals surface area contributed by atoms with Crippen molar-refractivity contribution in [2.75, 3.05) is 0 Å². The van der Waals surface area contributed by atoms with Crippen molar-refractivity contribution in [2.24, 2.45) is 0 Å². The van der Waals surface area contributed by atoms with Crippen LogP contribution in [0.1, 0.15) is 0 Å². The third-order valence-electron chi connectivity index (χ3n) is 2.46. The quantitative estimate of drug-likeness (QED) is 0.317. The molecule has 0 atom stereocenters. The van der Waals surface area contributed by atoms with E-state index in [0.717, 1.165) is 29.0 Å². The molecule has 0 saturated heterocycles. The predicted molar refractivity (Wildman–Crippen MR) is 99.7 cm³/mol. The van der Waals surface area contributed by atoms with Gasteiger partial charge in [0.1, 0.15) is 5.75 Å². The zero-order valence-electron chi connectivity index (χ0n) is 8.95. The van der Waals surface area contributed by atoms with Crippen molar-refractivity contribution in [2.45, 2.75) is 0 Å². The molecule has 0 heterocycles. The SMILES string of the molecule is Oc1c(Br)c(Br)c(-c2cccc(Br)c2Br)c(Br)c1Br. The fourth-order valence-electron chi connectivity index (χ4n) is 1.55. The van der Waals surface area contributed by atoms with E-state index in [9.17, 15) is 5.11 Å². The molecule has 0 bridgehead atoms. The first-order valence-electron chi connectivity index (χ1n) is 4.85. The van der Waals surface area contributed by atoms with Gasteiger partial charge < -0.3 is 5.11 Å². The molecule has 0 radical (unpaired) electrons. The van der Waals surface area contributed by atoms with E-state index in [0.29, 0.717) is 8.95 Å². The molecule has 2 aromatic rings. The summed E-state index contributed by atoms with van der Waals surface area (Å²) in [6, 6.07) is 5.91. The van der Waals surface area contributed by atoms with Gasteiger partial charge in [-0.25, -0.2) is 0 Å². The van der Waals surface area contributed by atoms with Gasteiger partial charge >= 0.3 is 0 Å². The van der Waals surface area contributed by atoms with Crippen LogP contribution in [0, 0.1) is 0 Å². The molecule has 0 aromatic heterocycles. The topological polar surface area (TPSA) is 20.2 Å². The molecule has 7 heteroatoms. The number of hydrogen-bond acceptors (Lipinski definition) is 1. The van der Waals surface area contributed by atoms with E-state index in [1.165, 1.54) is 0 Å². The Morgan fingerprint density at radius 1 is 0.684 bits per heavy atom. The summed E-state index contributed by atoms with van der Waals surface area (Å²) in [5.74, 6) is 0.147. The molecule has 2 aromatic carbocycles. The van der Waals surface area contributed by atoms with E-state index in [4.69, 9.17) is 0 Å². The van der Waals surface area contributed by atoms with Crippen molar-refractivity contribution in [3.63, 3.8) is 0 Å². The summed E-state index contributed by atoms with van der Waals surface area (Å²) in [4.78, 5) is 0. The highest BCUT2D eigenvalue weighted by Gasteiger charge is 2.21. The highest BCUT2D eigenvalue weighted by Crippen LogP contribution is 2.51. The molecular weight excluding hydrogens is 640 g/mol. The minimum Gasteiger partial charge on any atom is -0.505 e. The number of phenols is 1. The summed E-state index contributed by atoms with van der Waals surface area (Å²) in [7, 11) is 0. The van der Waals surface area contributed by atoms with E-state index in [2.05, 4.69) is 95.6 Å². The number of rotatable bonds is 1. The molecule has 0 unspecified atom stereocenters. The predicted octanol–water partition coefficient (Wildman–Crippen LogP) is 7.63. The molecule has 0 amide bonds. The van der Waals surface area contributed by atoms with Crippen LogP contribution in [0.15, 0.2) is 45.0 Å². The Morgan fingerprint density at radius 3 is 1.74 bits per heavy atom. The fourth-order valence-corrected chi connectivity index (χ4v) is 4.91. The summed E-state index contributed by atoms with van der Waals surface area (Å²) >= 11 is 20.9. The third-order valence-corrected chi connectivity index (χ3v) is 8.70. The molecule has 19 heavy (non-hydrogen) atoms. The van der Waals surface area contributed by atoms with Crippen LogP contribution in [0.3, 0.4) is 0 Å². The van der Waals surface area contributed by atoms with Gasteiger partial charge in [-0.2, -0.15) is 0 Å². The van der Waals surface area contributed by atoms with Crippen molar-refractivity contribution in [3.05, 3.63) is 45.0 Å². The first kappa shape index (κ1) is 16.5. The molecule has 0 saturated carbocycles. The van der Waals surface area contributed by atoms with E-state index in [1.54, 1.807) is 0 Å². The minimum atomic E-state index is 0.147. The smallest absolute Gasteiger partial charge is 0.146 e. The lowest BCUT2D eigenvalue weighted by Gasteiger charge is -2.15. The van der Waals surface area contributed by atoms with E-state index in [1.807, 2.05) is 18.2 Å². The first-order chi connectivity index (χ1) is 8.86. The van der Waals surface area contributed by atoms with Crippen molar-refractivity contribution >= 4 is 95.6 Å². The zero-order valence-corrected chi connectivity index (χ0v) is 18.5. The Kier molecular flexibility index (Phi) is 5.63. The largest absolute Gasteiger partial charge is 0.505 e. The minimum absolute atomic E-state index is 0.147. The molecule has 1 N–H and O–H groups in total. The lowest BCUT2D eigenvalue weighted by molar-refractivity contribution is 0.467. The fraction of sp³-hybridized carbons (Fsp3) is 0. The molecular formula is C12H4Br6O. The van der Waals surface area contributed by atoms with E-state index < -0.39 is 0 Å². The molecule has 100 valence electrons. The summed E-state index contributed by atoms with van der Waals surface area (Å²) < 4.78 is 4.66. The number of phenolic OH excluding ortho intramolecular Hbond substituents is 1. The van der Waals surface area contributed by atoms with Crippen LogP contribution in [-0.2, 0) is 0 Å². The van der Waals surface area contributed by atoms with Crippen LogP contribution < -0.4 is 0 Å². The van der Waals surface area contributed by atoms with Crippen molar-refractivity contribution in [3.8, 4) is 16.9 Å². The van der Waals surface area contributed by atoms with Crippen molar-refractivity contribution in [1.82, 2.24) is 0 Å². The van der Waals surface area contributed by atoms with Crippen molar-refractivity contribution in [1.29, 1.82) is 0 Å². The second kappa shape index (κ2) is 6.48. The monoisotopic (exact) mass is 638 g/mol. The average Bonchev–Trinajstić information content (AvgIpc) is 2.39. The molecule has 1 nitrogen and oxygen atoms in total. The number of halogens is 6. The molecule has 0 fully saturated rings.